The van der Waals surface area contributed by atoms with E-state index in [-0.39, 0.29) is 18.8 Å². The molecule has 1 aromatic heterocycles. The summed E-state index contributed by atoms with van der Waals surface area (Å²) in [7, 11) is 1.38. The highest BCUT2D eigenvalue weighted by atomic mass is 19.1. The molecule has 0 saturated carbocycles. The first-order chi connectivity index (χ1) is 8.52. The van der Waals surface area contributed by atoms with Crippen molar-refractivity contribution in [1.29, 1.82) is 0 Å². The Morgan fingerprint density at radius 2 is 2.39 bits per heavy atom. The number of hydrogen-bond acceptors (Lipinski definition) is 4. The monoisotopic (exact) mass is 256 g/mol. The predicted molar refractivity (Wildman–Crippen MR) is 58.8 cm³/mol. The van der Waals surface area contributed by atoms with Crippen LogP contribution in [0.3, 0.4) is 0 Å². The molecule has 2 heterocycles. The van der Waals surface area contributed by atoms with E-state index in [0.29, 0.717) is 5.56 Å². The van der Waals surface area contributed by atoms with Crippen molar-refractivity contribution >= 4 is 6.09 Å². The van der Waals surface area contributed by atoms with Crippen molar-refractivity contribution < 1.29 is 24.1 Å². The molecule has 7 heteroatoms. The van der Waals surface area contributed by atoms with Gasteiger partial charge in [0.25, 0.3) is 0 Å². The molecular weight excluding hydrogens is 243 g/mol. The Bertz CT molecular complexity index is 468. The van der Waals surface area contributed by atoms with Crippen LogP contribution in [-0.4, -0.2) is 45.9 Å². The lowest BCUT2D eigenvalue weighted by atomic mass is 10.1. The lowest BCUT2D eigenvalue weighted by molar-refractivity contribution is 0.131. The summed E-state index contributed by atoms with van der Waals surface area (Å²) in [6.45, 7) is -0.000330. The van der Waals surface area contributed by atoms with Gasteiger partial charge < -0.3 is 14.9 Å². The van der Waals surface area contributed by atoms with Gasteiger partial charge in [0.15, 0.2) is 0 Å². The topological polar surface area (TPSA) is 82.9 Å². The molecule has 0 aliphatic carbocycles. The third-order valence-corrected chi connectivity index (χ3v) is 2.92. The predicted octanol–water partition coefficient (Wildman–Crippen LogP) is 1.01. The minimum Gasteiger partial charge on any atom is -0.481 e. The molecule has 1 aliphatic heterocycles. The molecule has 2 atom stereocenters. The number of β-amino-alcohol motifs (C(OH)–C–C–N with tert-alkyl or cyclic N) is 1. The lowest BCUT2D eigenvalue weighted by Gasteiger charge is -2.22. The molecule has 0 aromatic carbocycles. The number of aromatic nitrogens is 1. The van der Waals surface area contributed by atoms with Crippen molar-refractivity contribution in [3.63, 3.8) is 0 Å². The van der Waals surface area contributed by atoms with Gasteiger partial charge in [-0.3, -0.25) is 4.90 Å². The van der Waals surface area contributed by atoms with Crippen LogP contribution in [0.2, 0.25) is 0 Å². The van der Waals surface area contributed by atoms with Crippen LogP contribution < -0.4 is 4.74 Å². The van der Waals surface area contributed by atoms with E-state index < -0.39 is 24.1 Å². The van der Waals surface area contributed by atoms with Gasteiger partial charge in [-0.25, -0.2) is 14.2 Å². The average molecular weight is 256 g/mol. The largest absolute Gasteiger partial charge is 0.481 e. The van der Waals surface area contributed by atoms with Crippen LogP contribution in [0.4, 0.5) is 9.18 Å². The summed E-state index contributed by atoms with van der Waals surface area (Å²) in [5.74, 6) is -0.403. The Morgan fingerprint density at radius 1 is 1.67 bits per heavy atom. The van der Waals surface area contributed by atoms with Crippen molar-refractivity contribution in [2.24, 2.45) is 0 Å². The standard InChI is InChI=1S/C11H13FN2O4/c1-18-10-8(2-6(12)4-13-10)9-3-7(15)5-14(9)11(16)17/h2,4,7,9,15H,3,5H2,1H3,(H,16,17)/t7-,9+/m0/s1. The Hall–Kier alpha value is -1.89. The van der Waals surface area contributed by atoms with Gasteiger partial charge in [-0.2, -0.15) is 0 Å². The first kappa shape index (κ1) is 12.6. The highest BCUT2D eigenvalue weighted by Crippen LogP contribution is 2.36. The van der Waals surface area contributed by atoms with Gasteiger partial charge in [0, 0.05) is 5.56 Å². The molecule has 1 aromatic rings. The van der Waals surface area contributed by atoms with Crippen molar-refractivity contribution in [2.45, 2.75) is 18.6 Å². The molecular formula is C11H13FN2O4. The van der Waals surface area contributed by atoms with Gasteiger partial charge in [0.1, 0.15) is 5.82 Å². The van der Waals surface area contributed by atoms with E-state index in [0.717, 1.165) is 11.1 Å². The highest BCUT2D eigenvalue weighted by molar-refractivity contribution is 5.66. The van der Waals surface area contributed by atoms with Crippen molar-refractivity contribution in [3.05, 3.63) is 23.6 Å². The number of ether oxygens (including phenoxy) is 1. The molecule has 0 bridgehead atoms. The first-order valence-corrected chi connectivity index (χ1v) is 5.40. The Labute approximate surface area is 103 Å². The number of rotatable bonds is 2. The van der Waals surface area contributed by atoms with E-state index in [1.54, 1.807) is 0 Å². The summed E-state index contributed by atoms with van der Waals surface area (Å²) in [5.41, 5.74) is 0.330. The number of methoxy groups -OCH3 is 1. The fourth-order valence-corrected chi connectivity index (χ4v) is 2.17. The van der Waals surface area contributed by atoms with Crippen molar-refractivity contribution in [2.75, 3.05) is 13.7 Å². The minimum atomic E-state index is -1.16. The van der Waals surface area contributed by atoms with Gasteiger partial charge in [-0.1, -0.05) is 0 Å². The van der Waals surface area contributed by atoms with Crippen LogP contribution >= 0.6 is 0 Å². The fourth-order valence-electron chi connectivity index (χ4n) is 2.17. The second-order valence-electron chi connectivity index (χ2n) is 4.09. The number of aliphatic hydroxyl groups excluding tert-OH is 1. The van der Waals surface area contributed by atoms with E-state index in [4.69, 9.17) is 9.84 Å². The number of aliphatic hydroxyl groups is 1. The van der Waals surface area contributed by atoms with E-state index >= 15 is 0 Å². The highest BCUT2D eigenvalue weighted by Gasteiger charge is 2.37. The first-order valence-electron chi connectivity index (χ1n) is 5.40. The number of carbonyl (C=O) groups is 1. The molecule has 2 N–H and O–H groups in total. The third-order valence-electron chi connectivity index (χ3n) is 2.92. The van der Waals surface area contributed by atoms with E-state index in [9.17, 15) is 14.3 Å². The second kappa shape index (κ2) is 4.77. The number of amides is 1. The molecule has 1 amide bonds. The van der Waals surface area contributed by atoms with Crippen LogP contribution in [0.5, 0.6) is 5.88 Å². The average Bonchev–Trinajstić information content (AvgIpc) is 2.71. The molecule has 6 nitrogen and oxygen atoms in total. The summed E-state index contributed by atoms with van der Waals surface area (Å²) in [6.07, 6.45) is -0.728. The van der Waals surface area contributed by atoms with Crippen molar-refractivity contribution in [3.8, 4) is 5.88 Å². The van der Waals surface area contributed by atoms with Crippen LogP contribution in [0.1, 0.15) is 18.0 Å². The van der Waals surface area contributed by atoms with Crippen LogP contribution in [0, 0.1) is 5.82 Å². The van der Waals surface area contributed by atoms with Gasteiger partial charge in [0.2, 0.25) is 5.88 Å². The summed E-state index contributed by atoms with van der Waals surface area (Å²) in [4.78, 5) is 15.9. The Balaban J connectivity index is 2.40. The van der Waals surface area contributed by atoms with Gasteiger partial charge in [0.05, 0.1) is 32.0 Å². The van der Waals surface area contributed by atoms with Crippen LogP contribution in [0.15, 0.2) is 12.3 Å². The summed E-state index contributed by atoms with van der Waals surface area (Å²) in [5, 5.41) is 18.6. The van der Waals surface area contributed by atoms with Gasteiger partial charge in [-0.05, 0) is 12.5 Å². The molecule has 0 radical (unpaired) electrons. The molecule has 2 rings (SSSR count). The molecule has 1 saturated heterocycles. The summed E-state index contributed by atoms with van der Waals surface area (Å²) >= 11 is 0. The zero-order valence-corrected chi connectivity index (χ0v) is 9.71. The van der Waals surface area contributed by atoms with E-state index in [1.807, 2.05) is 0 Å². The maximum atomic E-state index is 13.2. The number of halogens is 1. The molecule has 18 heavy (non-hydrogen) atoms. The molecule has 1 aliphatic rings. The fraction of sp³-hybridized carbons (Fsp3) is 0.455. The summed E-state index contributed by atoms with van der Waals surface area (Å²) < 4.78 is 18.2. The molecule has 98 valence electrons. The lowest BCUT2D eigenvalue weighted by Crippen LogP contribution is -2.30. The Kier molecular flexibility index (Phi) is 3.33. The summed E-state index contributed by atoms with van der Waals surface area (Å²) in [6, 6.07) is 0.542. The van der Waals surface area contributed by atoms with E-state index in [1.165, 1.54) is 13.2 Å². The zero-order chi connectivity index (χ0) is 13.3. The van der Waals surface area contributed by atoms with Gasteiger partial charge >= 0.3 is 6.09 Å². The number of nitrogens with zero attached hydrogens (tertiary/aromatic N) is 2. The minimum absolute atomic E-state index is 0.000330. The third kappa shape index (κ3) is 2.21. The molecule has 0 spiro atoms. The SMILES string of the molecule is COc1ncc(F)cc1[C@H]1C[C@H](O)CN1C(=O)O. The number of likely N-dealkylation sites (tertiary alicyclic amines) is 1. The second-order valence-corrected chi connectivity index (χ2v) is 4.09. The molecule has 1 fully saturated rings. The zero-order valence-electron chi connectivity index (χ0n) is 9.71. The maximum absolute atomic E-state index is 13.2. The maximum Gasteiger partial charge on any atom is 0.407 e. The molecule has 0 unspecified atom stereocenters. The van der Waals surface area contributed by atoms with Gasteiger partial charge in [-0.15, -0.1) is 0 Å². The van der Waals surface area contributed by atoms with Crippen molar-refractivity contribution in [1.82, 2.24) is 9.88 Å². The van der Waals surface area contributed by atoms with Crippen LogP contribution in [0.25, 0.3) is 0 Å². The normalized spacial score (nSPS) is 23.2. The van der Waals surface area contributed by atoms with Crippen LogP contribution in [-0.2, 0) is 0 Å². The number of hydrogen-bond donors (Lipinski definition) is 2. The Morgan fingerprint density at radius 3 is 3.00 bits per heavy atom. The number of carboxylic acid groups (broad SMARTS) is 1. The van der Waals surface area contributed by atoms with E-state index in [2.05, 4.69) is 4.98 Å². The smallest absolute Gasteiger partial charge is 0.407 e. The quantitative estimate of drug-likeness (QED) is 0.825. The number of pyridine rings is 1.